The van der Waals surface area contributed by atoms with E-state index in [0.717, 1.165) is 5.56 Å². The van der Waals surface area contributed by atoms with Crippen molar-refractivity contribution in [3.8, 4) is 0 Å². The maximum absolute atomic E-state index is 12.9. The van der Waals surface area contributed by atoms with E-state index in [9.17, 15) is 9.59 Å². The standard InChI is InChI=1S/C19H30ClN3O3/c1-14(21-18(25)26-19(2,3)4)17(24)23(11-10-22(5)6)13-15-8-7-9-16(20)12-15/h7-9,12,14H,10-11,13H2,1-6H3,(H,21,25)/t14-/m1/s1. The number of carbonyl (C=O) groups is 2. The van der Waals surface area contributed by atoms with Gasteiger partial charge in [0.25, 0.3) is 0 Å². The topological polar surface area (TPSA) is 61.9 Å². The Hall–Kier alpha value is -1.79. The quantitative estimate of drug-likeness (QED) is 0.785. The van der Waals surface area contributed by atoms with E-state index in [1.807, 2.05) is 37.2 Å². The summed E-state index contributed by atoms with van der Waals surface area (Å²) in [7, 11) is 3.90. The molecule has 0 unspecified atom stereocenters. The number of carbonyl (C=O) groups excluding carboxylic acids is 2. The smallest absolute Gasteiger partial charge is 0.408 e. The highest BCUT2D eigenvalue weighted by Gasteiger charge is 2.25. The number of nitrogens with zero attached hydrogens (tertiary/aromatic N) is 2. The molecule has 26 heavy (non-hydrogen) atoms. The van der Waals surface area contributed by atoms with Gasteiger partial charge in [-0.3, -0.25) is 4.79 Å². The van der Waals surface area contributed by atoms with Crippen LogP contribution in [0.5, 0.6) is 0 Å². The molecular formula is C19H30ClN3O3. The Morgan fingerprint density at radius 3 is 2.42 bits per heavy atom. The van der Waals surface area contributed by atoms with Crippen LogP contribution in [0.2, 0.25) is 5.02 Å². The summed E-state index contributed by atoms with van der Waals surface area (Å²) in [5.41, 5.74) is 0.326. The predicted molar refractivity (Wildman–Crippen MR) is 104 cm³/mol. The maximum Gasteiger partial charge on any atom is 0.408 e. The summed E-state index contributed by atoms with van der Waals surface area (Å²) < 4.78 is 5.22. The molecule has 1 N–H and O–H groups in total. The van der Waals surface area contributed by atoms with Crippen molar-refractivity contribution < 1.29 is 14.3 Å². The first-order valence-corrected chi connectivity index (χ1v) is 9.03. The number of nitrogens with one attached hydrogen (secondary N) is 1. The molecule has 0 spiro atoms. The molecule has 0 aliphatic heterocycles. The zero-order valence-electron chi connectivity index (χ0n) is 16.5. The first-order chi connectivity index (χ1) is 12.0. The lowest BCUT2D eigenvalue weighted by Crippen LogP contribution is -2.49. The van der Waals surface area contributed by atoms with Crippen LogP contribution in [0.3, 0.4) is 0 Å². The molecule has 0 fully saturated rings. The van der Waals surface area contributed by atoms with Crippen LogP contribution in [0, 0.1) is 0 Å². The lowest BCUT2D eigenvalue weighted by Gasteiger charge is -2.28. The number of hydrogen-bond acceptors (Lipinski definition) is 4. The molecule has 2 amide bonds. The van der Waals surface area contributed by atoms with Gasteiger partial charge in [0.2, 0.25) is 5.91 Å². The van der Waals surface area contributed by atoms with Crippen LogP contribution in [-0.4, -0.2) is 60.6 Å². The summed E-state index contributed by atoms with van der Waals surface area (Å²) >= 11 is 6.04. The molecule has 0 bridgehead atoms. The third-order valence-corrected chi connectivity index (χ3v) is 3.73. The first-order valence-electron chi connectivity index (χ1n) is 8.65. The van der Waals surface area contributed by atoms with Gasteiger partial charge in [0.15, 0.2) is 0 Å². The molecule has 0 heterocycles. The fourth-order valence-corrected chi connectivity index (χ4v) is 2.48. The van der Waals surface area contributed by atoms with Crippen molar-refractivity contribution >= 4 is 23.6 Å². The van der Waals surface area contributed by atoms with Gasteiger partial charge in [-0.15, -0.1) is 0 Å². The van der Waals surface area contributed by atoms with Crippen LogP contribution < -0.4 is 5.32 Å². The molecule has 146 valence electrons. The minimum Gasteiger partial charge on any atom is -0.444 e. The zero-order valence-corrected chi connectivity index (χ0v) is 17.3. The van der Waals surface area contributed by atoms with Gasteiger partial charge >= 0.3 is 6.09 Å². The molecule has 1 atom stereocenters. The summed E-state index contributed by atoms with van der Waals surface area (Å²) in [4.78, 5) is 28.5. The largest absolute Gasteiger partial charge is 0.444 e. The summed E-state index contributed by atoms with van der Waals surface area (Å²) in [5.74, 6) is -0.169. The molecule has 1 aromatic carbocycles. The number of halogens is 1. The van der Waals surface area contributed by atoms with Crippen molar-refractivity contribution in [2.75, 3.05) is 27.2 Å². The number of ether oxygens (including phenoxy) is 1. The summed E-state index contributed by atoms with van der Waals surface area (Å²) in [6, 6.07) is 6.72. The van der Waals surface area contributed by atoms with Crippen molar-refractivity contribution in [3.63, 3.8) is 0 Å². The van der Waals surface area contributed by atoms with E-state index in [4.69, 9.17) is 16.3 Å². The maximum atomic E-state index is 12.9. The summed E-state index contributed by atoms with van der Waals surface area (Å²) in [5, 5.41) is 3.24. The van der Waals surface area contributed by atoms with Crippen molar-refractivity contribution in [3.05, 3.63) is 34.9 Å². The molecule has 0 aromatic heterocycles. The fourth-order valence-electron chi connectivity index (χ4n) is 2.26. The van der Waals surface area contributed by atoms with E-state index >= 15 is 0 Å². The highest BCUT2D eigenvalue weighted by atomic mass is 35.5. The first kappa shape index (κ1) is 22.3. The molecular weight excluding hydrogens is 354 g/mol. The molecule has 0 radical (unpaired) electrons. The molecule has 1 rings (SSSR count). The number of rotatable bonds is 7. The second kappa shape index (κ2) is 9.78. The van der Waals surface area contributed by atoms with E-state index in [1.165, 1.54) is 0 Å². The fraction of sp³-hybridized carbons (Fsp3) is 0.579. The minimum atomic E-state index is -0.689. The zero-order chi connectivity index (χ0) is 19.9. The molecule has 0 aliphatic carbocycles. The molecule has 0 aliphatic rings. The van der Waals surface area contributed by atoms with E-state index in [1.54, 1.807) is 38.7 Å². The molecule has 6 nitrogen and oxygen atoms in total. The van der Waals surface area contributed by atoms with E-state index in [-0.39, 0.29) is 5.91 Å². The minimum absolute atomic E-state index is 0.169. The SMILES string of the molecule is C[C@@H](NC(=O)OC(C)(C)C)C(=O)N(CCN(C)C)Cc1cccc(Cl)c1. The van der Waals surface area contributed by atoms with Gasteiger partial charge in [0, 0.05) is 24.7 Å². The molecule has 7 heteroatoms. The number of benzene rings is 1. The highest BCUT2D eigenvalue weighted by Crippen LogP contribution is 2.14. The van der Waals surface area contributed by atoms with Crippen molar-refractivity contribution in [2.45, 2.75) is 45.9 Å². The van der Waals surface area contributed by atoms with Gasteiger partial charge in [-0.25, -0.2) is 4.79 Å². The molecule has 1 aromatic rings. The average Bonchev–Trinajstić information content (AvgIpc) is 2.48. The highest BCUT2D eigenvalue weighted by molar-refractivity contribution is 6.30. The van der Waals surface area contributed by atoms with Crippen LogP contribution in [-0.2, 0) is 16.1 Å². The van der Waals surface area contributed by atoms with Crippen LogP contribution in [0.1, 0.15) is 33.3 Å². The number of amides is 2. The molecule has 0 saturated heterocycles. The van der Waals surface area contributed by atoms with Gasteiger partial charge in [-0.2, -0.15) is 0 Å². The van der Waals surface area contributed by atoms with Gasteiger partial charge in [-0.1, -0.05) is 23.7 Å². The number of alkyl carbamates (subject to hydrolysis) is 1. The van der Waals surface area contributed by atoms with Crippen molar-refractivity contribution in [1.29, 1.82) is 0 Å². The summed E-state index contributed by atoms with van der Waals surface area (Å²) in [6.45, 7) is 8.68. The van der Waals surface area contributed by atoms with E-state index in [2.05, 4.69) is 5.32 Å². The van der Waals surface area contributed by atoms with Crippen molar-refractivity contribution in [2.24, 2.45) is 0 Å². The molecule has 0 saturated carbocycles. The van der Waals surface area contributed by atoms with Gasteiger partial charge < -0.3 is 19.9 Å². The Bertz CT molecular complexity index is 614. The Labute approximate surface area is 161 Å². The van der Waals surface area contributed by atoms with Gasteiger partial charge in [0.05, 0.1) is 0 Å². The van der Waals surface area contributed by atoms with Crippen LogP contribution in [0.4, 0.5) is 4.79 Å². The third kappa shape index (κ3) is 8.54. The van der Waals surface area contributed by atoms with Crippen LogP contribution >= 0.6 is 11.6 Å². The monoisotopic (exact) mass is 383 g/mol. The number of hydrogen-bond donors (Lipinski definition) is 1. The lowest BCUT2D eigenvalue weighted by molar-refractivity contribution is -0.133. The van der Waals surface area contributed by atoms with Gasteiger partial charge in [0.1, 0.15) is 11.6 Å². The van der Waals surface area contributed by atoms with Crippen LogP contribution in [0.25, 0.3) is 0 Å². The second-order valence-corrected chi connectivity index (χ2v) is 8.00. The Kier molecular flexibility index (Phi) is 8.37. The van der Waals surface area contributed by atoms with E-state index < -0.39 is 17.7 Å². The van der Waals surface area contributed by atoms with Crippen molar-refractivity contribution in [1.82, 2.24) is 15.1 Å². The predicted octanol–water partition coefficient (Wildman–Crippen LogP) is 3.14. The van der Waals surface area contributed by atoms with E-state index in [0.29, 0.717) is 24.7 Å². The second-order valence-electron chi connectivity index (χ2n) is 7.56. The Morgan fingerprint density at radius 1 is 1.23 bits per heavy atom. The van der Waals surface area contributed by atoms with Crippen LogP contribution in [0.15, 0.2) is 24.3 Å². The Morgan fingerprint density at radius 2 is 1.88 bits per heavy atom. The number of likely N-dealkylation sites (N-methyl/N-ethyl adjacent to an activating group) is 1. The summed E-state index contributed by atoms with van der Waals surface area (Å²) in [6.07, 6.45) is -0.603. The Balaban J connectivity index is 2.80. The third-order valence-electron chi connectivity index (χ3n) is 3.49. The van der Waals surface area contributed by atoms with Gasteiger partial charge in [-0.05, 0) is 59.5 Å². The lowest BCUT2D eigenvalue weighted by atomic mass is 10.2. The normalized spacial score (nSPS) is 12.6. The average molecular weight is 384 g/mol.